The zero-order chi connectivity index (χ0) is 23.5. The lowest BCUT2D eigenvalue weighted by Gasteiger charge is -2.34. The quantitative estimate of drug-likeness (QED) is 0.472. The maximum absolute atomic E-state index is 12.8. The first-order valence-corrected chi connectivity index (χ1v) is 11.4. The molecule has 1 aliphatic rings. The topological polar surface area (TPSA) is 74.5 Å². The van der Waals surface area contributed by atoms with Gasteiger partial charge in [0.2, 0.25) is 11.8 Å². The Labute approximate surface area is 199 Å². The highest BCUT2D eigenvalue weighted by molar-refractivity contribution is 6.05. The zero-order valence-corrected chi connectivity index (χ0v) is 19.4. The van der Waals surface area contributed by atoms with E-state index >= 15 is 0 Å². The number of carbonyl (C=O) groups excluding carboxylic acids is 1. The minimum absolute atomic E-state index is 0.155. The van der Waals surface area contributed by atoms with Crippen LogP contribution in [0.5, 0.6) is 0 Å². The van der Waals surface area contributed by atoms with Crippen LogP contribution in [0.25, 0.3) is 22.9 Å². The molecule has 0 saturated carbocycles. The number of nitrogens with zero attached hydrogens (tertiary/aromatic N) is 4. The number of anilines is 2. The fourth-order valence-corrected chi connectivity index (χ4v) is 4.05. The minimum Gasteiger partial charge on any atom is -0.416 e. The van der Waals surface area contributed by atoms with E-state index in [1.54, 1.807) is 12.1 Å². The number of aryl methyl sites for hydroxylation is 1. The van der Waals surface area contributed by atoms with Crippen LogP contribution in [0, 0.1) is 6.92 Å². The van der Waals surface area contributed by atoms with Gasteiger partial charge in [-0.25, -0.2) is 0 Å². The number of hydrogen-bond acceptors (Lipinski definition) is 6. The van der Waals surface area contributed by atoms with Crippen molar-refractivity contribution < 1.29 is 9.21 Å². The van der Waals surface area contributed by atoms with E-state index in [0.717, 1.165) is 48.6 Å². The average molecular weight is 454 g/mol. The highest BCUT2D eigenvalue weighted by Gasteiger charge is 2.16. The Morgan fingerprint density at radius 1 is 0.853 bits per heavy atom. The van der Waals surface area contributed by atoms with E-state index in [2.05, 4.69) is 44.5 Å². The van der Waals surface area contributed by atoms with Gasteiger partial charge in [0, 0.05) is 54.2 Å². The lowest BCUT2D eigenvalue weighted by molar-refractivity contribution is 0.102. The van der Waals surface area contributed by atoms with Crippen molar-refractivity contribution in [1.82, 2.24) is 15.1 Å². The summed E-state index contributed by atoms with van der Waals surface area (Å²) in [6, 6.07) is 23.0. The zero-order valence-electron chi connectivity index (χ0n) is 19.4. The second-order valence-corrected chi connectivity index (χ2v) is 8.60. The number of likely N-dealkylation sites (N-methyl/N-ethyl adjacent to an activating group) is 1. The van der Waals surface area contributed by atoms with Crippen molar-refractivity contribution in [2.24, 2.45) is 0 Å². The normalized spacial score (nSPS) is 14.2. The van der Waals surface area contributed by atoms with Crippen molar-refractivity contribution >= 4 is 17.3 Å². The summed E-state index contributed by atoms with van der Waals surface area (Å²) in [7, 11) is 2.15. The molecule has 0 radical (unpaired) electrons. The molecule has 172 valence electrons. The van der Waals surface area contributed by atoms with Crippen LogP contribution in [0.15, 0.2) is 77.2 Å². The number of hydrogen-bond donors (Lipinski definition) is 1. The van der Waals surface area contributed by atoms with Crippen molar-refractivity contribution in [2.75, 3.05) is 43.4 Å². The SMILES string of the molecule is Cc1cc(N2CCN(C)CC2)ccc1NC(=O)c1ccc(-c2nnc(-c3ccccc3)o2)cc1. The van der Waals surface area contributed by atoms with Crippen LogP contribution in [0.2, 0.25) is 0 Å². The van der Waals surface area contributed by atoms with E-state index in [9.17, 15) is 4.79 Å². The summed E-state index contributed by atoms with van der Waals surface area (Å²) >= 11 is 0. The Bertz CT molecular complexity index is 1280. The molecule has 1 amide bonds. The highest BCUT2D eigenvalue weighted by atomic mass is 16.4. The van der Waals surface area contributed by atoms with Crippen LogP contribution in [-0.2, 0) is 0 Å². The fraction of sp³-hybridized carbons (Fsp3) is 0.222. The van der Waals surface area contributed by atoms with Crippen molar-refractivity contribution in [3.05, 3.63) is 83.9 Å². The first-order valence-electron chi connectivity index (χ1n) is 11.4. The van der Waals surface area contributed by atoms with Crippen LogP contribution in [0.4, 0.5) is 11.4 Å². The molecule has 34 heavy (non-hydrogen) atoms. The lowest BCUT2D eigenvalue weighted by atomic mass is 10.1. The molecule has 4 aromatic rings. The Balaban J connectivity index is 1.25. The van der Waals surface area contributed by atoms with Gasteiger partial charge in [0.15, 0.2) is 0 Å². The Kier molecular flexibility index (Phi) is 6.10. The second-order valence-electron chi connectivity index (χ2n) is 8.60. The molecule has 1 saturated heterocycles. The summed E-state index contributed by atoms with van der Waals surface area (Å²) in [5.41, 5.74) is 5.25. The third-order valence-corrected chi connectivity index (χ3v) is 6.17. The summed E-state index contributed by atoms with van der Waals surface area (Å²) in [6.07, 6.45) is 0. The van der Waals surface area contributed by atoms with Gasteiger partial charge < -0.3 is 19.5 Å². The standard InChI is InChI=1S/C27H27N5O2/c1-19-18-23(32-16-14-31(2)15-17-32)12-13-24(19)28-25(33)20-8-10-22(11-9-20)27-30-29-26(34-27)21-6-4-3-5-7-21/h3-13,18H,14-17H2,1-2H3,(H,28,33). The van der Waals surface area contributed by atoms with Gasteiger partial charge in [-0.15, -0.1) is 10.2 Å². The molecule has 2 heterocycles. The summed E-state index contributed by atoms with van der Waals surface area (Å²) < 4.78 is 5.81. The van der Waals surface area contributed by atoms with E-state index < -0.39 is 0 Å². The Hall–Kier alpha value is -3.97. The number of aromatic nitrogens is 2. The number of rotatable bonds is 5. The first kappa shape index (κ1) is 21.9. The molecule has 1 fully saturated rings. The van der Waals surface area contributed by atoms with E-state index in [4.69, 9.17) is 4.42 Å². The van der Waals surface area contributed by atoms with Gasteiger partial charge in [0.1, 0.15) is 0 Å². The molecule has 0 aliphatic carbocycles. The molecule has 0 atom stereocenters. The van der Waals surface area contributed by atoms with Gasteiger partial charge in [0.05, 0.1) is 0 Å². The van der Waals surface area contributed by atoms with E-state index in [0.29, 0.717) is 17.3 Å². The summed E-state index contributed by atoms with van der Waals surface area (Å²) in [6.45, 7) is 6.18. The fourth-order valence-electron chi connectivity index (χ4n) is 4.05. The summed E-state index contributed by atoms with van der Waals surface area (Å²) in [5, 5.41) is 11.3. The number of benzene rings is 3. The van der Waals surface area contributed by atoms with Crippen LogP contribution in [0.1, 0.15) is 15.9 Å². The monoisotopic (exact) mass is 453 g/mol. The molecule has 1 aliphatic heterocycles. The second kappa shape index (κ2) is 9.49. The van der Waals surface area contributed by atoms with E-state index in [-0.39, 0.29) is 5.91 Å². The molecule has 3 aromatic carbocycles. The van der Waals surface area contributed by atoms with Gasteiger partial charge in [0.25, 0.3) is 5.91 Å². The third-order valence-electron chi connectivity index (χ3n) is 6.17. The van der Waals surface area contributed by atoms with Crippen molar-refractivity contribution in [2.45, 2.75) is 6.92 Å². The smallest absolute Gasteiger partial charge is 0.255 e. The first-order chi connectivity index (χ1) is 16.6. The van der Waals surface area contributed by atoms with E-state index in [1.165, 1.54) is 5.69 Å². The molecular formula is C27H27N5O2. The maximum atomic E-state index is 12.8. The predicted octanol–water partition coefficient (Wildman–Crippen LogP) is 4.72. The van der Waals surface area contributed by atoms with Gasteiger partial charge in [-0.2, -0.15) is 0 Å². The molecule has 0 unspecified atom stereocenters. The van der Waals surface area contributed by atoms with Gasteiger partial charge >= 0.3 is 0 Å². The maximum Gasteiger partial charge on any atom is 0.255 e. The number of amides is 1. The highest BCUT2D eigenvalue weighted by Crippen LogP contribution is 2.26. The van der Waals surface area contributed by atoms with Crippen molar-refractivity contribution in [3.8, 4) is 22.9 Å². The average Bonchev–Trinajstić information content (AvgIpc) is 3.37. The van der Waals surface area contributed by atoms with E-state index in [1.807, 2.05) is 55.5 Å². The predicted molar refractivity (Wildman–Crippen MR) is 134 cm³/mol. The largest absolute Gasteiger partial charge is 0.416 e. The molecule has 0 bridgehead atoms. The number of piperazine rings is 1. The van der Waals surface area contributed by atoms with Gasteiger partial charge in [-0.05, 0) is 74.1 Å². The molecular weight excluding hydrogens is 426 g/mol. The van der Waals surface area contributed by atoms with Crippen molar-refractivity contribution in [3.63, 3.8) is 0 Å². The number of carbonyl (C=O) groups is 1. The Morgan fingerprint density at radius 3 is 2.15 bits per heavy atom. The molecule has 7 nitrogen and oxygen atoms in total. The van der Waals surface area contributed by atoms with Crippen molar-refractivity contribution in [1.29, 1.82) is 0 Å². The van der Waals surface area contributed by atoms with Gasteiger partial charge in [-0.3, -0.25) is 4.79 Å². The summed E-state index contributed by atoms with van der Waals surface area (Å²) in [4.78, 5) is 17.6. The molecule has 1 aromatic heterocycles. The lowest BCUT2D eigenvalue weighted by Crippen LogP contribution is -2.44. The number of nitrogens with one attached hydrogen (secondary N) is 1. The molecule has 0 spiro atoms. The van der Waals surface area contributed by atoms with Crippen LogP contribution in [0.3, 0.4) is 0 Å². The summed E-state index contributed by atoms with van der Waals surface area (Å²) in [5.74, 6) is 0.728. The minimum atomic E-state index is -0.155. The van der Waals surface area contributed by atoms with Gasteiger partial charge in [-0.1, -0.05) is 18.2 Å². The third kappa shape index (κ3) is 4.70. The van der Waals surface area contributed by atoms with Crippen LogP contribution >= 0.6 is 0 Å². The van der Waals surface area contributed by atoms with Crippen LogP contribution < -0.4 is 10.2 Å². The molecule has 7 heteroatoms. The molecule has 5 rings (SSSR count). The van der Waals surface area contributed by atoms with Crippen LogP contribution in [-0.4, -0.2) is 54.2 Å². The molecule has 1 N–H and O–H groups in total. The Morgan fingerprint density at radius 2 is 1.50 bits per heavy atom.